The van der Waals surface area contributed by atoms with Crippen LogP contribution < -0.4 is 0 Å². The molecule has 0 atom stereocenters. The van der Waals surface area contributed by atoms with E-state index in [2.05, 4.69) is 4.74 Å². The number of halogens is 2. The van der Waals surface area contributed by atoms with Gasteiger partial charge in [-0.1, -0.05) is 0 Å². The van der Waals surface area contributed by atoms with E-state index in [0.717, 1.165) is 0 Å². The summed E-state index contributed by atoms with van der Waals surface area (Å²) in [5.74, 6) is -0.341. The average Bonchev–Trinajstić information content (AvgIpc) is 1.87. The van der Waals surface area contributed by atoms with Crippen LogP contribution in [0.1, 0.15) is 0 Å². The van der Waals surface area contributed by atoms with Crippen molar-refractivity contribution >= 4 is 11.9 Å². The zero-order chi connectivity index (χ0) is 8.69. The van der Waals surface area contributed by atoms with Crippen LogP contribution in [-0.4, -0.2) is 11.9 Å². The summed E-state index contributed by atoms with van der Waals surface area (Å²) in [7, 11) is 0. The number of ether oxygens (including phenoxy) is 1. The average molecular weight is 158 g/mol. The number of esters is 2. The first-order valence-electron chi connectivity index (χ1n) is 2.19. The zero-order valence-corrected chi connectivity index (χ0v) is 4.98. The van der Waals surface area contributed by atoms with Gasteiger partial charge in [0, 0.05) is 0 Å². The minimum Gasteiger partial charge on any atom is -0.373 e. The van der Waals surface area contributed by atoms with Crippen molar-refractivity contribution in [1.29, 1.82) is 0 Å². The lowest BCUT2D eigenvalue weighted by molar-refractivity contribution is -0.151. The predicted molar refractivity (Wildman–Crippen MR) is 28.9 cm³/mol. The summed E-state index contributed by atoms with van der Waals surface area (Å²) in [4.78, 5) is 20.2. The van der Waals surface area contributed by atoms with Gasteiger partial charge in [-0.15, -0.1) is 8.78 Å². The molecule has 3 nitrogen and oxygen atoms in total. The molecule has 0 saturated carbocycles. The fourth-order valence-electron chi connectivity index (χ4n) is 0.212. The summed E-state index contributed by atoms with van der Waals surface area (Å²) >= 11 is 0. The van der Waals surface area contributed by atoms with Gasteiger partial charge in [0.1, 0.15) is 12.3 Å². The molecule has 0 aliphatic carbocycles. The van der Waals surface area contributed by atoms with E-state index in [9.17, 15) is 18.4 Å². The summed E-state index contributed by atoms with van der Waals surface area (Å²) in [6, 6.07) is 0. The van der Waals surface area contributed by atoms with Gasteiger partial charge in [-0.25, -0.2) is 9.59 Å². The molecule has 0 spiro atoms. The van der Waals surface area contributed by atoms with E-state index in [0.29, 0.717) is 12.3 Å². The van der Waals surface area contributed by atoms with E-state index in [1.165, 1.54) is 11.8 Å². The molecule has 0 saturated heterocycles. The van der Waals surface area contributed by atoms with Crippen molar-refractivity contribution in [3.8, 4) is 24.2 Å². The van der Waals surface area contributed by atoms with Crippen LogP contribution in [0.3, 0.4) is 0 Å². The third-order valence-electron chi connectivity index (χ3n) is 0.484. The van der Waals surface area contributed by atoms with Crippen LogP contribution in [0.25, 0.3) is 0 Å². The second-order valence-corrected chi connectivity index (χ2v) is 1.12. The fourth-order valence-corrected chi connectivity index (χ4v) is 0.212. The molecule has 0 aromatic carbocycles. The van der Waals surface area contributed by atoms with Crippen LogP contribution in [0.2, 0.25) is 0 Å². The second-order valence-electron chi connectivity index (χ2n) is 1.12. The number of carbonyl (C=O) groups is 2. The van der Waals surface area contributed by atoms with Crippen LogP contribution in [0.5, 0.6) is 0 Å². The Hall–Kier alpha value is -1.88. The smallest absolute Gasteiger partial charge is 0.373 e. The Morgan fingerprint density at radius 3 is 1.64 bits per heavy atom. The van der Waals surface area contributed by atoms with Gasteiger partial charge in [0.2, 0.25) is 0 Å². The van der Waals surface area contributed by atoms with Crippen molar-refractivity contribution in [2.24, 2.45) is 0 Å². The molecule has 0 rings (SSSR count). The van der Waals surface area contributed by atoms with Crippen molar-refractivity contribution in [3.63, 3.8) is 0 Å². The summed E-state index contributed by atoms with van der Waals surface area (Å²) in [6.07, 6.45) is 1.39. The van der Waals surface area contributed by atoms with Gasteiger partial charge in [0.05, 0.1) is 11.8 Å². The molecule has 11 heavy (non-hydrogen) atoms. The van der Waals surface area contributed by atoms with Crippen molar-refractivity contribution in [3.05, 3.63) is 0 Å². The maximum Gasteiger partial charge on any atom is 0.395 e. The Morgan fingerprint density at radius 2 is 1.36 bits per heavy atom. The number of hydrogen-bond acceptors (Lipinski definition) is 3. The van der Waals surface area contributed by atoms with Gasteiger partial charge >= 0.3 is 11.9 Å². The molecule has 0 radical (unpaired) electrons. The van der Waals surface area contributed by atoms with Gasteiger partial charge in [0.25, 0.3) is 0 Å². The molecule has 0 fully saturated rings. The van der Waals surface area contributed by atoms with Crippen molar-refractivity contribution in [2.75, 3.05) is 0 Å². The monoisotopic (exact) mass is 158 g/mol. The Kier molecular flexibility index (Phi) is 4.10. The SMILES string of the molecule is O=C(C#CF)OC(=O)C#CF. The number of hydrogen-bond donors (Lipinski definition) is 0. The van der Waals surface area contributed by atoms with Crippen molar-refractivity contribution in [1.82, 2.24) is 0 Å². The van der Waals surface area contributed by atoms with E-state index < -0.39 is 11.9 Å². The molecule has 0 aromatic rings. The molecule has 0 heterocycles. The molecule has 0 unspecified atom stereocenters. The Labute approximate surface area is 60.3 Å². The first-order chi connectivity index (χ1) is 5.20. The lowest BCUT2D eigenvalue weighted by Gasteiger charge is -1.86. The molecule has 0 aliphatic rings. The fraction of sp³-hybridized carbons (Fsp3) is 0. The Balaban J connectivity index is 3.99. The zero-order valence-electron chi connectivity index (χ0n) is 4.98. The molecule has 5 heteroatoms. The van der Waals surface area contributed by atoms with E-state index in [1.54, 1.807) is 0 Å². The summed E-state index contributed by atoms with van der Waals surface area (Å²) in [5, 5.41) is 0. The van der Waals surface area contributed by atoms with Crippen molar-refractivity contribution in [2.45, 2.75) is 0 Å². The van der Waals surface area contributed by atoms with Crippen LogP contribution in [-0.2, 0) is 14.3 Å². The van der Waals surface area contributed by atoms with Crippen LogP contribution in [0.15, 0.2) is 0 Å². The quantitative estimate of drug-likeness (QED) is 0.281. The molecular formula is C6F2O3. The van der Waals surface area contributed by atoms with Gasteiger partial charge in [0.15, 0.2) is 0 Å². The lowest BCUT2D eigenvalue weighted by Crippen LogP contribution is -2.07. The second kappa shape index (κ2) is 4.95. The highest BCUT2D eigenvalue weighted by molar-refractivity contribution is 6.01. The molecular weight excluding hydrogens is 158 g/mol. The summed E-state index contributed by atoms with van der Waals surface area (Å²) < 4.78 is 25.6. The molecule has 0 amide bonds. The molecule has 0 aromatic heterocycles. The van der Waals surface area contributed by atoms with Crippen LogP contribution in [0, 0.1) is 24.2 Å². The largest absolute Gasteiger partial charge is 0.395 e. The van der Waals surface area contributed by atoms with E-state index in [-0.39, 0.29) is 0 Å². The number of carbonyl (C=O) groups excluding carboxylic acids is 2. The van der Waals surface area contributed by atoms with Crippen molar-refractivity contribution < 1.29 is 23.1 Å². The highest BCUT2D eigenvalue weighted by atomic mass is 19.1. The Bertz CT molecular complexity index is 256. The normalized spacial score (nSPS) is 6.36. The highest BCUT2D eigenvalue weighted by Gasteiger charge is 2.03. The Morgan fingerprint density at radius 1 is 1.00 bits per heavy atom. The minimum atomic E-state index is -1.42. The first-order valence-corrected chi connectivity index (χ1v) is 2.19. The third kappa shape index (κ3) is 4.61. The predicted octanol–water partition coefficient (Wildman–Crippen LogP) is -0.0830. The maximum atomic E-state index is 11.0. The maximum absolute atomic E-state index is 11.0. The molecule has 0 bridgehead atoms. The van der Waals surface area contributed by atoms with Crippen LogP contribution >= 0.6 is 0 Å². The third-order valence-corrected chi connectivity index (χ3v) is 0.484. The molecule has 0 aliphatic heterocycles. The van der Waals surface area contributed by atoms with E-state index in [4.69, 9.17) is 0 Å². The van der Waals surface area contributed by atoms with Gasteiger partial charge in [-0.05, 0) is 0 Å². The topological polar surface area (TPSA) is 43.4 Å². The van der Waals surface area contributed by atoms with Gasteiger partial charge < -0.3 is 4.74 Å². The van der Waals surface area contributed by atoms with E-state index in [1.807, 2.05) is 0 Å². The van der Waals surface area contributed by atoms with Crippen LogP contribution in [0.4, 0.5) is 8.78 Å². The van der Waals surface area contributed by atoms with Gasteiger partial charge in [-0.2, -0.15) is 0 Å². The summed E-state index contributed by atoms with van der Waals surface area (Å²) in [6.45, 7) is 0. The highest BCUT2D eigenvalue weighted by Crippen LogP contribution is 1.77. The minimum absolute atomic E-state index is 0.696. The summed E-state index contributed by atoms with van der Waals surface area (Å²) in [5.41, 5.74) is 0. The van der Waals surface area contributed by atoms with E-state index >= 15 is 0 Å². The van der Waals surface area contributed by atoms with Gasteiger partial charge in [-0.3, -0.25) is 0 Å². The molecule has 56 valence electrons. The standard InChI is InChI=1S/C6F2O3/c7-3-1-5(9)11-6(10)2-4-8. The molecule has 0 N–H and O–H groups in total. The first kappa shape index (κ1) is 9.12. The lowest BCUT2D eigenvalue weighted by atomic mass is 10.6. The number of rotatable bonds is 0.